The highest BCUT2D eigenvalue weighted by atomic mass is 32.2. The molecule has 0 radical (unpaired) electrons. The molecule has 1 heterocycles. The first kappa shape index (κ1) is 16.2. The van der Waals surface area contributed by atoms with E-state index >= 15 is 0 Å². The third-order valence-corrected chi connectivity index (χ3v) is 3.55. The van der Waals surface area contributed by atoms with Gasteiger partial charge in [-0.25, -0.2) is 13.1 Å². The van der Waals surface area contributed by atoms with Crippen LogP contribution < -0.4 is 10.0 Å². The summed E-state index contributed by atoms with van der Waals surface area (Å²) in [6, 6.07) is 9.76. The minimum Gasteiger partial charge on any atom is -0.360 e. The molecule has 0 aliphatic rings. The second-order valence-electron chi connectivity index (χ2n) is 4.94. The molecule has 0 spiro atoms. The van der Waals surface area contributed by atoms with Crippen molar-refractivity contribution < 1.29 is 17.7 Å². The van der Waals surface area contributed by atoms with Crippen LogP contribution in [-0.2, 0) is 21.2 Å². The van der Waals surface area contributed by atoms with Gasteiger partial charge in [0.2, 0.25) is 15.9 Å². The van der Waals surface area contributed by atoms with Crippen molar-refractivity contribution in [2.45, 2.75) is 19.4 Å². The van der Waals surface area contributed by atoms with Gasteiger partial charge in [-0.2, -0.15) is 0 Å². The van der Waals surface area contributed by atoms with Gasteiger partial charge < -0.3 is 9.84 Å². The summed E-state index contributed by atoms with van der Waals surface area (Å²) in [6.07, 6.45) is 1.25. The Balaban J connectivity index is 2.14. The number of hydrogen-bond acceptors (Lipinski definition) is 5. The van der Waals surface area contributed by atoms with Crippen molar-refractivity contribution in [3.8, 4) is 0 Å². The van der Waals surface area contributed by atoms with Crippen LogP contribution in [0.15, 0.2) is 40.9 Å². The Bertz CT molecular complexity index is 740. The van der Waals surface area contributed by atoms with Crippen LogP contribution in [-0.4, -0.2) is 31.8 Å². The number of rotatable bonds is 6. The predicted molar refractivity (Wildman–Crippen MR) is 81.8 cm³/mol. The van der Waals surface area contributed by atoms with E-state index in [0.29, 0.717) is 5.76 Å². The maximum Gasteiger partial charge on any atom is 0.244 e. The van der Waals surface area contributed by atoms with E-state index in [-0.39, 0.29) is 12.2 Å². The smallest absolute Gasteiger partial charge is 0.244 e. The Kier molecular flexibility index (Phi) is 4.94. The minimum absolute atomic E-state index is 0.233. The molecule has 2 N–H and O–H groups in total. The second kappa shape index (κ2) is 6.71. The Morgan fingerprint density at radius 3 is 2.55 bits per heavy atom. The molecule has 0 aliphatic heterocycles. The molecule has 0 saturated carbocycles. The van der Waals surface area contributed by atoms with Gasteiger partial charge in [-0.1, -0.05) is 35.5 Å². The monoisotopic (exact) mass is 323 g/mol. The molecule has 1 aromatic heterocycles. The third-order valence-electron chi connectivity index (χ3n) is 2.83. The number of carbonyl (C=O) groups excluding carboxylic acids is 1. The third kappa shape index (κ3) is 4.97. The van der Waals surface area contributed by atoms with Crippen LogP contribution in [0.4, 0.5) is 5.82 Å². The second-order valence-corrected chi connectivity index (χ2v) is 6.72. The number of aryl methyl sites for hydroxylation is 1. The molecule has 7 nitrogen and oxygen atoms in total. The molecule has 118 valence electrons. The van der Waals surface area contributed by atoms with Crippen molar-refractivity contribution in [2.24, 2.45) is 0 Å². The van der Waals surface area contributed by atoms with Crippen molar-refractivity contribution in [3.63, 3.8) is 0 Å². The van der Waals surface area contributed by atoms with Gasteiger partial charge in [0.05, 0.1) is 6.26 Å². The van der Waals surface area contributed by atoms with Gasteiger partial charge in [-0.15, -0.1) is 0 Å². The lowest BCUT2D eigenvalue weighted by Gasteiger charge is -2.16. The number of sulfonamides is 1. The molecule has 0 saturated heterocycles. The van der Waals surface area contributed by atoms with Crippen LogP contribution >= 0.6 is 0 Å². The van der Waals surface area contributed by atoms with Gasteiger partial charge in [0.25, 0.3) is 0 Å². The first-order valence-electron chi connectivity index (χ1n) is 6.59. The first-order chi connectivity index (χ1) is 10.3. The molecule has 0 fully saturated rings. The van der Waals surface area contributed by atoms with Crippen LogP contribution in [0.3, 0.4) is 0 Å². The van der Waals surface area contributed by atoms with Crippen molar-refractivity contribution in [3.05, 3.63) is 47.7 Å². The van der Waals surface area contributed by atoms with E-state index < -0.39 is 22.0 Å². The van der Waals surface area contributed by atoms with Crippen LogP contribution in [0.5, 0.6) is 0 Å². The maximum absolute atomic E-state index is 12.3. The molecule has 2 rings (SSSR count). The summed E-state index contributed by atoms with van der Waals surface area (Å²) in [6.45, 7) is 1.69. The van der Waals surface area contributed by atoms with Crippen LogP contribution in [0.2, 0.25) is 0 Å². The van der Waals surface area contributed by atoms with Gasteiger partial charge >= 0.3 is 0 Å². The van der Waals surface area contributed by atoms with Gasteiger partial charge in [0.1, 0.15) is 11.8 Å². The summed E-state index contributed by atoms with van der Waals surface area (Å²) in [5.41, 5.74) is 0.843. The first-order valence-corrected chi connectivity index (χ1v) is 8.48. The van der Waals surface area contributed by atoms with Crippen molar-refractivity contribution in [2.75, 3.05) is 11.6 Å². The molecule has 2 aromatic rings. The largest absolute Gasteiger partial charge is 0.360 e. The zero-order valence-corrected chi connectivity index (χ0v) is 13.1. The van der Waals surface area contributed by atoms with E-state index in [1.54, 1.807) is 13.0 Å². The number of carbonyl (C=O) groups is 1. The topological polar surface area (TPSA) is 101 Å². The summed E-state index contributed by atoms with van der Waals surface area (Å²) in [5, 5.41) is 6.19. The summed E-state index contributed by atoms with van der Waals surface area (Å²) < 4.78 is 30.1. The van der Waals surface area contributed by atoms with Gasteiger partial charge in [0, 0.05) is 6.07 Å². The SMILES string of the molecule is Cc1cc(NC(=O)[C@H](Cc2ccccc2)NS(C)(=O)=O)no1. The Morgan fingerprint density at radius 1 is 1.32 bits per heavy atom. The molecule has 8 heteroatoms. The number of aromatic nitrogens is 1. The number of nitrogens with zero attached hydrogens (tertiary/aromatic N) is 1. The molecule has 1 amide bonds. The summed E-state index contributed by atoms with van der Waals surface area (Å²) >= 11 is 0. The highest BCUT2D eigenvalue weighted by molar-refractivity contribution is 7.88. The number of nitrogens with one attached hydrogen (secondary N) is 2. The van der Waals surface area contributed by atoms with Crippen molar-refractivity contribution in [1.82, 2.24) is 9.88 Å². The normalized spacial score (nSPS) is 12.8. The van der Waals surface area contributed by atoms with E-state index in [4.69, 9.17) is 4.52 Å². The zero-order valence-electron chi connectivity index (χ0n) is 12.2. The average molecular weight is 323 g/mol. The molecule has 22 heavy (non-hydrogen) atoms. The predicted octanol–water partition coefficient (Wildman–Crippen LogP) is 1.08. The van der Waals surface area contributed by atoms with Gasteiger partial charge in [0.15, 0.2) is 5.82 Å². The number of amides is 1. The molecule has 1 atom stereocenters. The van der Waals surface area contributed by atoms with Gasteiger partial charge in [-0.3, -0.25) is 4.79 Å². The van der Waals surface area contributed by atoms with E-state index in [1.807, 2.05) is 30.3 Å². The maximum atomic E-state index is 12.3. The summed E-state index contributed by atoms with van der Waals surface area (Å²) in [4.78, 5) is 12.3. The van der Waals surface area contributed by atoms with E-state index in [9.17, 15) is 13.2 Å². The standard InChI is InChI=1S/C14H17N3O4S/c1-10-8-13(16-21-10)15-14(18)12(17-22(2,19)20)9-11-6-4-3-5-7-11/h3-8,12,17H,9H2,1-2H3,(H,15,16,18)/t12-/m0/s1. The lowest BCUT2D eigenvalue weighted by Crippen LogP contribution is -2.44. The molecular weight excluding hydrogens is 306 g/mol. The fourth-order valence-electron chi connectivity index (χ4n) is 1.93. The Hall–Kier alpha value is -2.19. The Labute approximate surface area is 128 Å². The number of benzene rings is 1. The fraction of sp³-hybridized carbons (Fsp3) is 0.286. The Morgan fingerprint density at radius 2 is 2.00 bits per heavy atom. The zero-order chi connectivity index (χ0) is 16.2. The van der Waals surface area contributed by atoms with Gasteiger partial charge in [-0.05, 0) is 18.9 Å². The lowest BCUT2D eigenvalue weighted by atomic mass is 10.1. The molecule has 0 aliphatic carbocycles. The molecule has 0 unspecified atom stereocenters. The minimum atomic E-state index is -3.53. The van der Waals surface area contributed by atoms with E-state index in [2.05, 4.69) is 15.2 Å². The lowest BCUT2D eigenvalue weighted by molar-refractivity contribution is -0.117. The number of hydrogen-bond donors (Lipinski definition) is 2. The summed E-state index contributed by atoms with van der Waals surface area (Å²) in [7, 11) is -3.53. The average Bonchev–Trinajstić information content (AvgIpc) is 2.83. The highest BCUT2D eigenvalue weighted by Gasteiger charge is 2.23. The molecular formula is C14H17N3O4S. The van der Waals surface area contributed by atoms with Crippen LogP contribution in [0.1, 0.15) is 11.3 Å². The number of anilines is 1. The molecule has 1 aromatic carbocycles. The van der Waals surface area contributed by atoms with Crippen LogP contribution in [0, 0.1) is 6.92 Å². The van der Waals surface area contributed by atoms with Crippen molar-refractivity contribution >= 4 is 21.7 Å². The van der Waals surface area contributed by atoms with E-state index in [1.165, 1.54) is 0 Å². The van der Waals surface area contributed by atoms with E-state index in [0.717, 1.165) is 11.8 Å². The van der Waals surface area contributed by atoms with Crippen LogP contribution in [0.25, 0.3) is 0 Å². The van der Waals surface area contributed by atoms with Crippen molar-refractivity contribution in [1.29, 1.82) is 0 Å². The molecule has 0 bridgehead atoms. The highest BCUT2D eigenvalue weighted by Crippen LogP contribution is 2.10. The fourth-order valence-corrected chi connectivity index (χ4v) is 2.64. The summed E-state index contributed by atoms with van der Waals surface area (Å²) in [5.74, 6) is 0.296. The quantitative estimate of drug-likeness (QED) is 0.828.